The Labute approximate surface area is 123 Å². The van der Waals surface area contributed by atoms with E-state index in [-0.39, 0.29) is 22.9 Å². The van der Waals surface area contributed by atoms with E-state index >= 15 is 0 Å². The summed E-state index contributed by atoms with van der Waals surface area (Å²) < 4.78 is 0. The van der Waals surface area contributed by atoms with Crippen LogP contribution >= 0.6 is 0 Å². The first-order valence-electron chi connectivity index (χ1n) is 6.69. The van der Waals surface area contributed by atoms with Crippen LogP contribution in [0.3, 0.4) is 0 Å². The number of nitrogens with one attached hydrogen (secondary N) is 1. The van der Waals surface area contributed by atoms with Gasteiger partial charge in [0.1, 0.15) is 5.82 Å². The van der Waals surface area contributed by atoms with Crippen LogP contribution in [0.1, 0.15) is 39.8 Å². The van der Waals surface area contributed by atoms with Gasteiger partial charge in [-0.3, -0.25) is 9.59 Å². The number of pyridine rings is 1. The average molecular weight is 283 g/mol. The normalized spacial score (nSPS) is 10.2. The fraction of sp³-hybridized carbons (Fsp3) is 0.188. The molecule has 0 fully saturated rings. The second-order valence-electron chi connectivity index (χ2n) is 4.66. The van der Waals surface area contributed by atoms with Crippen molar-refractivity contribution in [1.82, 2.24) is 4.98 Å². The van der Waals surface area contributed by atoms with Crippen LogP contribution in [0.4, 0.5) is 11.5 Å². The molecule has 2 rings (SSSR count). The number of anilines is 2. The van der Waals surface area contributed by atoms with Crippen molar-refractivity contribution in [3.05, 3.63) is 53.2 Å². The summed E-state index contributed by atoms with van der Waals surface area (Å²) in [5, 5.41) is 2.68. The molecule has 5 heteroatoms. The van der Waals surface area contributed by atoms with Crippen LogP contribution in [0.15, 0.2) is 36.4 Å². The van der Waals surface area contributed by atoms with Gasteiger partial charge in [0.25, 0.3) is 5.91 Å². The molecule has 0 unspecified atom stereocenters. The van der Waals surface area contributed by atoms with E-state index in [0.29, 0.717) is 17.8 Å². The largest absolute Gasteiger partial charge is 0.397 e. The van der Waals surface area contributed by atoms with Crippen molar-refractivity contribution in [2.24, 2.45) is 0 Å². The van der Waals surface area contributed by atoms with Gasteiger partial charge < -0.3 is 11.1 Å². The van der Waals surface area contributed by atoms with Crippen molar-refractivity contribution in [2.45, 2.75) is 20.3 Å². The lowest BCUT2D eigenvalue weighted by Crippen LogP contribution is -2.17. The molecule has 5 nitrogen and oxygen atoms in total. The van der Waals surface area contributed by atoms with Crippen LogP contribution in [0.2, 0.25) is 0 Å². The van der Waals surface area contributed by atoms with Crippen molar-refractivity contribution in [2.75, 3.05) is 11.1 Å². The summed E-state index contributed by atoms with van der Waals surface area (Å²) in [7, 11) is 0. The first-order chi connectivity index (χ1) is 10.0. The number of rotatable bonds is 4. The van der Waals surface area contributed by atoms with Gasteiger partial charge in [-0.2, -0.15) is 0 Å². The number of carbonyl (C=O) groups excluding carboxylic acids is 2. The third-order valence-electron chi connectivity index (χ3n) is 3.10. The number of aryl methyl sites for hydroxylation is 1. The molecule has 1 aromatic carbocycles. The number of nitrogens with zero attached hydrogens (tertiary/aromatic N) is 1. The van der Waals surface area contributed by atoms with E-state index in [2.05, 4.69) is 10.3 Å². The van der Waals surface area contributed by atoms with Crippen LogP contribution < -0.4 is 11.1 Å². The number of para-hydroxylation sites is 1. The Morgan fingerprint density at radius 3 is 2.48 bits per heavy atom. The lowest BCUT2D eigenvalue weighted by Gasteiger charge is -2.10. The third kappa shape index (κ3) is 3.25. The summed E-state index contributed by atoms with van der Waals surface area (Å²) in [5.74, 6) is -0.0150. The summed E-state index contributed by atoms with van der Waals surface area (Å²) in [6.07, 6.45) is 0.342. The standard InChI is InChI=1S/C16H17N3O2/c1-3-13(20)11-7-5-8-12(15(11)17)16(21)19-14-9-4-6-10(2)18-14/h4-9H,3,17H2,1-2H3,(H,18,19,21). The van der Waals surface area contributed by atoms with Gasteiger partial charge >= 0.3 is 0 Å². The molecule has 0 spiro atoms. The SMILES string of the molecule is CCC(=O)c1cccc(C(=O)Nc2cccc(C)n2)c1N. The van der Waals surface area contributed by atoms with E-state index in [0.717, 1.165) is 5.69 Å². The zero-order valence-electron chi connectivity index (χ0n) is 12.0. The molecule has 1 amide bonds. The second-order valence-corrected chi connectivity index (χ2v) is 4.66. The second kappa shape index (κ2) is 6.17. The van der Waals surface area contributed by atoms with Crippen LogP contribution in [0.5, 0.6) is 0 Å². The zero-order valence-corrected chi connectivity index (χ0v) is 12.0. The maximum atomic E-state index is 12.3. The van der Waals surface area contributed by atoms with Crippen molar-refractivity contribution < 1.29 is 9.59 Å². The fourth-order valence-corrected chi connectivity index (χ4v) is 1.99. The molecule has 0 aliphatic heterocycles. The molecular formula is C16H17N3O2. The van der Waals surface area contributed by atoms with Gasteiger partial charge in [0.05, 0.1) is 11.3 Å². The van der Waals surface area contributed by atoms with Crippen LogP contribution in [0.25, 0.3) is 0 Å². The highest BCUT2D eigenvalue weighted by molar-refractivity contribution is 6.11. The van der Waals surface area contributed by atoms with Gasteiger partial charge in [-0.25, -0.2) is 4.98 Å². The number of benzene rings is 1. The number of carbonyl (C=O) groups is 2. The molecule has 1 heterocycles. The van der Waals surface area contributed by atoms with E-state index < -0.39 is 0 Å². The minimum Gasteiger partial charge on any atom is -0.397 e. The summed E-state index contributed by atoms with van der Waals surface area (Å²) >= 11 is 0. The quantitative estimate of drug-likeness (QED) is 0.667. The van der Waals surface area contributed by atoms with Crippen LogP contribution in [-0.2, 0) is 0 Å². The molecule has 21 heavy (non-hydrogen) atoms. The monoisotopic (exact) mass is 283 g/mol. The maximum Gasteiger partial charge on any atom is 0.258 e. The van der Waals surface area contributed by atoms with Crippen molar-refractivity contribution in [3.63, 3.8) is 0 Å². The Kier molecular flexibility index (Phi) is 4.33. The Morgan fingerprint density at radius 2 is 1.81 bits per heavy atom. The average Bonchev–Trinajstić information content (AvgIpc) is 2.46. The van der Waals surface area contributed by atoms with Crippen LogP contribution in [0, 0.1) is 6.92 Å². The van der Waals surface area contributed by atoms with Gasteiger partial charge in [-0.05, 0) is 31.2 Å². The number of Topliss-reactive ketones (excluding diaryl/α,β-unsaturated/α-hetero) is 1. The fourth-order valence-electron chi connectivity index (χ4n) is 1.99. The van der Waals surface area contributed by atoms with E-state index in [4.69, 9.17) is 5.73 Å². The van der Waals surface area contributed by atoms with Crippen molar-refractivity contribution in [1.29, 1.82) is 0 Å². The van der Waals surface area contributed by atoms with E-state index in [1.54, 1.807) is 37.3 Å². The molecule has 0 aliphatic carbocycles. The highest BCUT2D eigenvalue weighted by Gasteiger charge is 2.16. The zero-order chi connectivity index (χ0) is 15.4. The van der Waals surface area contributed by atoms with Gasteiger partial charge in [-0.15, -0.1) is 0 Å². The number of nitrogens with two attached hydrogens (primary N) is 1. The summed E-state index contributed by atoms with van der Waals surface area (Å²) in [6, 6.07) is 10.2. The lowest BCUT2D eigenvalue weighted by molar-refractivity contribution is 0.0989. The van der Waals surface area contributed by atoms with E-state index in [1.807, 2.05) is 13.0 Å². The van der Waals surface area contributed by atoms with Crippen LogP contribution in [-0.4, -0.2) is 16.7 Å². The molecular weight excluding hydrogens is 266 g/mol. The van der Waals surface area contributed by atoms with Crippen molar-refractivity contribution >= 4 is 23.2 Å². The summed E-state index contributed by atoms with van der Waals surface area (Å²) in [4.78, 5) is 28.3. The number of hydrogen-bond donors (Lipinski definition) is 2. The minimum atomic E-state index is -0.378. The van der Waals surface area contributed by atoms with E-state index in [1.165, 1.54) is 0 Å². The molecule has 3 N–H and O–H groups in total. The van der Waals surface area contributed by atoms with Gasteiger partial charge in [0.2, 0.25) is 0 Å². The molecule has 108 valence electrons. The topological polar surface area (TPSA) is 85.1 Å². The molecule has 0 radical (unpaired) electrons. The number of ketones is 1. The van der Waals surface area contributed by atoms with Crippen molar-refractivity contribution in [3.8, 4) is 0 Å². The molecule has 0 bridgehead atoms. The molecule has 2 aromatic rings. The first-order valence-corrected chi connectivity index (χ1v) is 6.69. The predicted molar refractivity (Wildman–Crippen MR) is 82.4 cm³/mol. The smallest absolute Gasteiger partial charge is 0.258 e. The van der Waals surface area contributed by atoms with E-state index in [9.17, 15) is 9.59 Å². The lowest BCUT2D eigenvalue weighted by atomic mass is 10.0. The predicted octanol–water partition coefficient (Wildman–Crippen LogP) is 2.82. The maximum absolute atomic E-state index is 12.3. The first kappa shape index (κ1) is 14.7. The summed E-state index contributed by atoms with van der Waals surface area (Å²) in [5.41, 5.74) is 7.60. The van der Waals surface area contributed by atoms with Gasteiger partial charge in [0.15, 0.2) is 5.78 Å². The van der Waals surface area contributed by atoms with Gasteiger partial charge in [0, 0.05) is 17.7 Å². The molecule has 1 aromatic heterocycles. The summed E-state index contributed by atoms with van der Waals surface area (Å²) in [6.45, 7) is 3.59. The Balaban J connectivity index is 2.29. The molecule has 0 saturated carbocycles. The number of aromatic nitrogens is 1. The Hall–Kier alpha value is -2.69. The number of hydrogen-bond acceptors (Lipinski definition) is 4. The third-order valence-corrected chi connectivity index (χ3v) is 3.10. The Morgan fingerprint density at radius 1 is 1.14 bits per heavy atom. The highest BCUT2D eigenvalue weighted by Crippen LogP contribution is 2.20. The molecule has 0 atom stereocenters. The van der Waals surface area contributed by atoms with Gasteiger partial charge in [-0.1, -0.05) is 19.1 Å². The number of amides is 1. The minimum absolute atomic E-state index is 0.0872. The number of nitrogen functional groups attached to an aromatic ring is 1. The Bertz CT molecular complexity index is 696. The molecule has 0 aliphatic rings. The highest BCUT2D eigenvalue weighted by atomic mass is 16.1. The molecule has 0 saturated heterocycles.